The van der Waals surface area contributed by atoms with Crippen molar-refractivity contribution >= 4 is 90.9 Å². The summed E-state index contributed by atoms with van der Waals surface area (Å²) in [6.45, 7) is 0. The maximum atomic E-state index is 9.78. The van der Waals surface area contributed by atoms with Crippen molar-refractivity contribution in [3.8, 4) is 22.3 Å². The smallest absolute Gasteiger partial charge is 0.0660 e. The van der Waals surface area contributed by atoms with Gasteiger partial charge in [0.2, 0.25) is 0 Å². The second kappa shape index (κ2) is 11.5. The quantitative estimate of drug-likeness (QED) is 0.174. The molecule has 49 heavy (non-hydrogen) atoms. The maximum absolute atomic E-state index is 9.78. The normalized spacial score (nSPS) is 20.0. The Morgan fingerprint density at radius 2 is 1.02 bits per heavy atom. The molecule has 2 heterocycles. The van der Waals surface area contributed by atoms with E-state index in [9.17, 15) is 15.1 Å². The van der Waals surface area contributed by atoms with Gasteiger partial charge in [-0.15, -0.1) is 22.7 Å². The Balaban J connectivity index is 1.37. The molecule has 8 aromatic carbocycles. The van der Waals surface area contributed by atoms with Crippen LogP contribution in [-0.4, -0.2) is 0 Å². The highest BCUT2D eigenvalue weighted by Crippen LogP contribution is 2.46. The van der Waals surface area contributed by atoms with Gasteiger partial charge in [-0.1, -0.05) is 127 Å². The summed E-state index contributed by atoms with van der Waals surface area (Å²) >= 11 is 1.15. The lowest BCUT2D eigenvalue weighted by molar-refractivity contribution is 1.31. The summed E-state index contributed by atoms with van der Waals surface area (Å²) in [4.78, 5) is 0.649. The van der Waals surface area contributed by atoms with Crippen molar-refractivity contribution in [1.29, 1.82) is 0 Å². The minimum absolute atomic E-state index is 0.146. The van der Waals surface area contributed by atoms with Gasteiger partial charge in [0.05, 0.1) is 50.1 Å². The molecule has 0 bridgehead atoms. The molecule has 0 spiro atoms. The van der Waals surface area contributed by atoms with Crippen LogP contribution in [0.25, 0.3) is 73.4 Å². The number of anilines is 3. The van der Waals surface area contributed by atoms with E-state index in [2.05, 4.69) is 0 Å². The minimum atomic E-state index is -1.16. The summed E-state index contributed by atoms with van der Waals surface area (Å²) in [5.41, 5.74) is -5.65. The van der Waals surface area contributed by atoms with Crippen LogP contribution >= 0.6 is 22.7 Å². The fraction of sp³-hybridized carbons (Fsp3) is 0. The SMILES string of the molecule is [2H]c1c([2H])c([2H])c(-c2c([2H])c([2H])c([2H])c3c([2H])c(-c4c([2H])c([2H])c(N(c5c([2H])c([2H])c6c(sc7c([2H])c([2H])c([2H])c([2H])c76)c5[2H])c5c([2H])c([2H])c([2H])c6c5sc5c([2H])c([2H])c([2H])c([2H])c56)c([2H])c4[2H])c([2H])c([2H])c23)c([2H])c1[2H]. The number of benzene rings is 8. The lowest BCUT2D eigenvalue weighted by Gasteiger charge is -2.26. The molecule has 0 saturated carbocycles. The highest BCUT2D eigenvalue weighted by molar-refractivity contribution is 7.26. The zero-order valence-electron chi connectivity index (χ0n) is 53.3. The fourth-order valence-electron chi connectivity index (χ4n) is 5.35. The minimum Gasteiger partial charge on any atom is -0.309 e. The first-order chi connectivity index (χ1) is 36.4. The van der Waals surface area contributed by atoms with E-state index in [0.29, 0.717) is 27.6 Å². The van der Waals surface area contributed by atoms with Gasteiger partial charge < -0.3 is 4.90 Å². The monoisotopic (exact) mass is 688 g/mol. The molecule has 0 amide bonds. The number of hydrogen-bond donors (Lipinski definition) is 0. The average molecular weight is 689 g/mol. The van der Waals surface area contributed by atoms with E-state index in [4.69, 9.17) is 24.7 Å². The Morgan fingerprint density at radius 1 is 0.388 bits per heavy atom. The van der Waals surface area contributed by atoms with Crippen LogP contribution in [0.1, 0.15) is 39.8 Å². The third-order valence-corrected chi connectivity index (χ3v) is 9.64. The van der Waals surface area contributed by atoms with Crippen molar-refractivity contribution in [2.24, 2.45) is 0 Å². The first-order valence-corrected chi connectivity index (χ1v) is 15.9. The molecule has 0 aliphatic carbocycles. The summed E-state index contributed by atoms with van der Waals surface area (Å²) < 4.78 is 259. The summed E-state index contributed by atoms with van der Waals surface area (Å²) in [5, 5.41) is -2.61. The third kappa shape index (κ3) is 4.74. The van der Waals surface area contributed by atoms with Gasteiger partial charge in [0.15, 0.2) is 0 Å². The molecule has 0 aliphatic heterocycles. The number of fused-ring (bicyclic) bond motifs is 7. The molecule has 0 fully saturated rings. The van der Waals surface area contributed by atoms with Gasteiger partial charge in [0.25, 0.3) is 0 Å². The van der Waals surface area contributed by atoms with E-state index in [0.717, 1.165) is 0 Å². The standard InChI is InChI=1S/C46H29NS2/c1-2-10-31(11-3-1)36-15-8-12-33-28-32(22-26-37(33)36)30-20-23-34(24-21-30)47(35-25-27-40-38-13-4-6-18-43(38)48-45(40)29-35)42-17-9-16-41-39-14-5-7-19-44(39)49-46(41)42/h1-29H/i1D,2D,3D,4D,5D,6D,7D,8D,9D,10D,11D,12D,13D,14D,15D,16D,17D,18D,19D,20D,21D,22D,23D,24D,25D,26D,27D,28D,29D. The number of hydrogen-bond acceptors (Lipinski definition) is 3. The molecule has 2 aromatic heterocycles. The van der Waals surface area contributed by atoms with E-state index in [-0.39, 0.29) is 40.3 Å². The highest BCUT2D eigenvalue weighted by atomic mass is 32.1. The van der Waals surface area contributed by atoms with Crippen molar-refractivity contribution in [3.63, 3.8) is 0 Å². The first kappa shape index (κ1) is 11.7. The molecule has 0 aliphatic rings. The van der Waals surface area contributed by atoms with Crippen molar-refractivity contribution in [2.75, 3.05) is 4.90 Å². The molecule has 0 atom stereocenters. The molecular weight excluding hydrogens is 631 g/mol. The zero-order chi connectivity index (χ0) is 57.5. The van der Waals surface area contributed by atoms with Crippen LogP contribution in [0.3, 0.4) is 0 Å². The second-order valence-electron chi connectivity index (χ2n) is 10.3. The van der Waals surface area contributed by atoms with Crippen LogP contribution in [0.5, 0.6) is 0 Å². The second-order valence-corrected chi connectivity index (χ2v) is 12.3. The summed E-state index contributed by atoms with van der Waals surface area (Å²) in [5.74, 6) is 0. The third-order valence-electron chi connectivity index (χ3n) is 7.51. The van der Waals surface area contributed by atoms with Gasteiger partial charge in [0.1, 0.15) is 0 Å². The fourth-order valence-corrected chi connectivity index (χ4v) is 7.36. The molecule has 230 valence electrons. The van der Waals surface area contributed by atoms with Crippen LogP contribution in [0, 0.1) is 0 Å². The van der Waals surface area contributed by atoms with Gasteiger partial charge >= 0.3 is 0 Å². The van der Waals surface area contributed by atoms with Crippen molar-refractivity contribution in [3.05, 3.63) is 175 Å². The predicted molar refractivity (Wildman–Crippen MR) is 215 cm³/mol. The Bertz CT molecular complexity index is 4450. The Kier molecular flexibility index (Phi) is 2.73. The highest BCUT2D eigenvalue weighted by Gasteiger charge is 2.19. The molecule has 1 nitrogen and oxygen atoms in total. The van der Waals surface area contributed by atoms with Crippen molar-refractivity contribution in [1.82, 2.24) is 0 Å². The average Bonchev–Trinajstić information content (AvgIpc) is 4.14. The van der Waals surface area contributed by atoms with Crippen LogP contribution in [0.2, 0.25) is 0 Å². The van der Waals surface area contributed by atoms with Gasteiger partial charge in [0, 0.05) is 47.0 Å². The molecule has 10 rings (SSSR count). The number of rotatable bonds is 5. The predicted octanol–water partition coefficient (Wildman–Crippen LogP) is 14.4. The molecule has 3 heteroatoms. The molecule has 0 saturated heterocycles. The van der Waals surface area contributed by atoms with Gasteiger partial charge in [-0.3, -0.25) is 0 Å². The van der Waals surface area contributed by atoms with E-state index in [1.165, 1.54) is 0 Å². The van der Waals surface area contributed by atoms with Crippen LogP contribution in [0.15, 0.2) is 175 Å². The molecular formula is C46H29NS2. The Labute approximate surface area is 333 Å². The summed E-state index contributed by atoms with van der Waals surface area (Å²) in [6, 6.07) is -25.4. The lowest BCUT2D eigenvalue weighted by Crippen LogP contribution is -2.09. The molecule has 0 radical (unpaired) electrons. The van der Waals surface area contributed by atoms with E-state index in [1.807, 2.05) is 0 Å². The van der Waals surface area contributed by atoms with E-state index >= 15 is 0 Å². The van der Waals surface area contributed by atoms with Crippen molar-refractivity contribution in [2.45, 2.75) is 0 Å². The van der Waals surface area contributed by atoms with Crippen LogP contribution in [0.4, 0.5) is 17.1 Å². The zero-order valence-corrected chi connectivity index (χ0v) is 25.9. The molecule has 0 N–H and O–H groups in total. The van der Waals surface area contributed by atoms with E-state index in [1.54, 1.807) is 0 Å². The summed E-state index contributed by atoms with van der Waals surface area (Å²) in [6.07, 6.45) is 0. The lowest BCUT2D eigenvalue weighted by atomic mass is 9.95. The Morgan fingerprint density at radius 3 is 1.86 bits per heavy atom. The van der Waals surface area contributed by atoms with Gasteiger partial charge in [-0.05, 0) is 81.4 Å². The Hall–Kier alpha value is -5.74. The van der Waals surface area contributed by atoms with E-state index < -0.39 is 225 Å². The number of thiophene rings is 2. The first-order valence-electron chi connectivity index (χ1n) is 28.7. The number of nitrogens with zero attached hydrogens (tertiary/aromatic N) is 1. The molecule has 10 aromatic rings. The summed E-state index contributed by atoms with van der Waals surface area (Å²) in [7, 11) is 0. The largest absolute Gasteiger partial charge is 0.309 e. The van der Waals surface area contributed by atoms with Gasteiger partial charge in [-0.2, -0.15) is 0 Å². The maximum Gasteiger partial charge on any atom is 0.0660 e. The van der Waals surface area contributed by atoms with Gasteiger partial charge in [-0.25, -0.2) is 0 Å². The van der Waals surface area contributed by atoms with Crippen molar-refractivity contribution < 1.29 is 39.8 Å². The molecule has 0 unspecified atom stereocenters. The van der Waals surface area contributed by atoms with Crippen LogP contribution < -0.4 is 4.90 Å². The van der Waals surface area contributed by atoms with Crippen LogP contribution in [-0.2, 0) is 0 Å². The topological polar surface area (TPSA) is 3.24 Å².